The van der Waals surface area contributed by atoms with Gasteiger partial charge >= 0.3 is 5.97 Å². The van der Waals surface area contributed by atoms with Gasteiger partial charge in [-0.3, -0.25) is 4.79 Å². The van der Waals surface area contributed by atoms with Crippen molar-refractivity contribution in [2.75, 3.05) is 5.75 Å². The molecule has 1 aromatic rings. The molecule has 106 valence electrons. The fourth-order valence-corrected chi connectivity index (χ4v) is 3.19. The molecule has 0 radical (unpaired) electrons. The Kier molecular flexibility index (Phi) is 5.50. The van der Waals surface area contributed by atoms with Crippen molar-refractivity contribution >= 4 is 16.0 Å². The van der Waals surface area contributed by atoms with Crippen molar-refractivity contribution in [2.45, 2.75) is 32.7 Å². The molecule has 0 spiro atoms. The maximum atomic E-state index is 11.8. The average molecular weight is 285 g/mol. The number of carboxylic acid groups (broad SMARTS) is 1. The lowest BCUT2D eigenvalue weighted by Gasteiger charge is -2.16. The molecule has 2 N–H and O–H groups in total. The van der Waals surface area contributed by atoms with Crippen LogP contribution in [0.2, 0.25) is 0 Å². The van der Waals surface area contributed by atoms with Crippen molar-refractivity contribution in [3.8, 4) is 0 Å². The number of carbonyl (C=O) groups is 1. The fraction of sp³-hybridized carbons (Fsp3) is 0.462. The third kappa shape index (κ3) is 5.40. The van der Waals surface area contributed by atoms with Crippen LogP contribution in [0.25, 0.3) is 0 Å². The summed E-state index contributed by atoms with van der Waals surface area (Å²) in [5.74, 6) is -1.16. The highest BCUT2D eigenvalue weighted by molar-refractivity contribution is 7.89. The van der Waals surface area contributed by atoms with Crippen LogP contribution in [0.5, 0.6) is 0 Å². The standard InChI is InChI=1S/C13H19NO4S/c1-10-6-3-4-7-12(10)11(2)14-19(17,18)9-5-8-13(15)16/h3-4,6-7,11,14H,5,8-9H2,1-2H3,(H,15,16)/t11-/m1/s1. The van der Waals surface area contributed by atoms with Crippen LogP contribution in [0.4, 0.5) is 0 Å². The molecule has 0 heterocycles. The molecule has 1 aromatic carbocycles. The van der Waals surface area contributed by atoms with Gasteiger partial charge in [0.2, 0.25) is 10.0 Å². The van der Waals surface area contributed by atoms with Gasteiger partial charge in [0.15, 0.2) is 0 Å². The van der Waals surface area contributed by atoms with Crippen molar-refractivity contribution in [1.82, 2.24) is 4.72 Å². The van der Waals surface area contributed by atoms with Gasteiger partial charge in [-0.15, -0.1) is 0 Å². The molecule has 0 saturated carbocycles. The van der Waals surface area contributed by atoms with Crippen molar-refractivity contribution in [3.05, 3.63) is 35.4 Å². The molecular weight excluding hydrogens is 266 g/mol. The number of rotatable bonds is 7. The molecule has 6 heteroatoms. The third-order valence-electron chi connectivity index (χ3n) is 2.82. The van der Waals surface area contributed by atoms with E-state index in [0.29, 0.717) is 0 Å². The number of aryl methyl sites for hydroxylation is 1. The van der Waals surface area contributed by atoms with E-state index in [1.807, 2.05) is 31.2 Å². The molecule has 0 aliphatic rings. The highest BCUT2D eigenvalue weighted by Gasteiger charge is 2.17. The first-order valence-corrected chi connectivity index (χ1v) is 7.74. The smallest absolute Gasteiger partial charge is 0.303 e. The average Bonchev–Trinajstić information content (AvgIpc) is 2.27. The maximum Gasteiger partial charge on any atom is 0.303 e. The van der Waals surface area contributed by atoms with Crippen molar-refractivity contribution in [1.29, 1.82) is 0 Å². The van der Waals surface area contributed by atoms with E-state index in [1.54, 1.807) is 6.92 Å². The maximum absolute atomic E-state index is 11.8. The van der Waals surface area contributed by atoms with Crippen LogP contribution in [-0.4, -0.2) is 25.2 Å². The third-order valence-corrected chi connectivity index (χ3v) is 4.35. The summed E-state index contributed by atoms with van der Waals surface area (Å²) in [6, 6.07) is 7.23. The molecule has 0 aromatic heterocycles. The summed E-state index contributed by atoms with van der Waals surface area (Å²) in [5.41, 5.74) is 1.94. The van der Waals surface area contributed by atoms with E-state index in [4.69, 9.17) is 5.11 Å². The Morgan fingerprint density at radius 1 is 1.37 bits per heavy atom. The van der Waals surface area contributed by atoms with E-state index < -0.39 is 16.0 Å². The lowest BCUT2D eigenvalue weighted by Crippen LogP contribution is -2.29. The first kappa shape index (κ1) is 15.7. The number of benzene rings is 1. The van der Waals surface area contributed by atoms with E-state index in [1.165, 1.54) is 0 Å². The molecular formula is C13H19NO4S. The molecule has 1 rings (SSSR count). The summed E-state index contributed by atoms with van der Waals surface area (Å²) in [5, 5.41) is 8.49. The van der Waals surface area contributed by atoms with Gasteiger partial charge < -0.3 is 5.11 Å². The largest absolute Gasteiger partial charge is 0.481 e. The van der Waals surface area contributed by atoms with Gasteiger partial charge in [0, 0.05) is 12.5 Å². The van der Waals surface area contributed by atoms with Crippen molar-refractivity contribution in [2.24, 2.45) is 0 Å². The molecule has 0 amide bonds. The quantitative estimate of drug-likeness (QED) is 0.800. The number of sulfonamides is 1. The number of nitrogens with one attached hydrogen (secondary N) is 1. The van der Waals surface area contributed by atoms with Gasteiger partial charge in [-0.25, -0.2) is 13.1 Å². The second-order valence-electron chi connectivity index (χ2n) is 4.51. The first-order chi connectivity index (χ1) is 8.82. The zero-order valence-electron chi connectivity index (χ0n) is 11.1. The van der Waals surface area contributed by atoms with Crippen LogP contribution < -0.4 is 4.72 Å². The fourth-order valence-electron chi connectivity index (χ4n) is 1.88. The van der Waals surface area contributed by atoms with Gasteiger partial charge in [-0.1, -0.05) is 24.3 Å². The topological polar surface area (TPSA) is 83.5 Å². The molecule has 0 aliphatic heterocycles. The Bertz CT molecular complexity index is 539. The lowest BCUT2D eigenvalue weighted by molar-refractivity contribution is -0.137. The number of aliphatic carboxylic acids is 1. The number of hydrogen-bond donors (Lipinski definition) is 2. The molecule has 0 fully saturated rings. The van der Waals surface area contributed by atoms with E-state index in [9.17, 15) is 13.2 Å². The zero-order valence-corrected chi connectivity index (χ0v) is 11.9. The summed E-state index contributed by atoms with van der Waals surface area (Å²) >= 11 is 0. The van der Waals surface area contributed by atoms with Crippen LogP contribution in [0.15, 0.2) is 24.3 Å². The molecule has 0 saturated heterocycles. The minimum Gasteiger partial charge on any atom is -0.481 e. The highest BCUT2D eigenvalue weighted by atomic mass is 32.2. The number of carboxylic acids is 1. The predicted octanol–water partition coefficient (Wildman–Crippen LogP) is 1.84. The molecule has 1 atom stereocenters. The van der Waals surface area contributed by atoms with Crippen LogP contribution in [0.1, 0.15) is 36.9 Å². The van der Waals surface area contributed by atoms with Crippen molar-refractivity contribution in [3.63, 3.8) is 0 Å². The minimum absolute atomic E-state index is 0.116. The van der Waals surface area contributed by atoms with E-state index in [2.05, 4.69) is 4.72 Å². The summed E-state index contributed by atoms with van der Waals surface area (Å²) in [4.78, 5) is 10.4. The minimum atomic E-state index is -3.45. The van der Waals surface area contributed by atoms with E-state index in [-0.39, 0.29) is 24.6 Å². The molecule has 0 aliphatic carbocycles. The van der Waals surface area contributed by atoms with Gasteiger partial charge in [0.05, 0.1) is 5.75 Å². The summed E-state index contributed by atoms with van der Waals surface area (Å²) in [7, 11) is -3.45. The molecule has 5 nitrogen and oxygen atoms in total. The van der Waals surface area contributed by atoms with Crippen LogP contribution >= 0.6 is 0 Å². The zero-order chi connectivity index (χ0) is 14.5. The molecule has 0 unspecified atom stereocenters. The summed E-state index contributed by atoms with van der Waals surface area (Å²) in [6.45, 7) is 3.70. The predicted molar refractivity (Wildman–Crippen MR) is 73.4 cm³/mol. The Hall–Kier alpha value is -1.40. The Balaban J connectivity index is 2.63. The van der Waals surface area contributed by atoms with Crippen LogP contribution in [0.3, 0.4) is 0 Å². The summed E-state index contributed by atoms with van der Waals surface area (Å²) in [6.07, 6.45) is -0.0230. The SMILES string of the molecule is Cc1ccccc1[C@@H](C)NS(=O)(=O)CCCC(=O)O. The second kappa shape index (κ2) is 6.68. The second-order valence-corrected chi connectivity index (χ2v) is 6.39. The molecule has 0 bridgehead atoms. The Morgan fingerprint density at radius 2 is 2.00 bits per heavy atom. The molecule has 19 heavy (non-hydrogen) atoms. The van der Waals surface area contributed by atoms with Crippen LogP contribution in [0, 0.1) is 6.92 Å². The number of hydrogen-bond acceptors (Lipinski definition) is 3. The Morgan fingerprint density at radius 3 is 2.58 bits per heavy atom. The van der Waals surface area contributed by atoms with E-state index >= 15 is 0 Å². The van der Waals surface area contributed by atoms with Gasteiger partial charge in [0.1, 0.15) is 0 Å². The van der Waals surface area contributed by atoms with Gasteiger partial charge in [-0.2, -0.15) is 0 Å². The normalized spacial score (nSPS) is 13.2. The Labute approximate surface area is 113 Å². The van der Waals surface area contributed by atoms with Crippen LogP contribution in [-0.2, 0) is 14.8 Å². The highest BCUT2D eigenvalue weighted by Crippen LogP contribution is 2.17. The van der Waals surface area contributed by atoms with Gasteiger partial charge in [0.25, 0.3) is 0 Å². The monoisotopic (exact) mass is 285 g/mol. The lowest BCUT2D eigenvalue weighted by atomic mass is 10.0. The summed E-state index contributed by atoms with van der Waals surface area (Å²) < 4.78 is 26.2. The van der Waals surface area contributed by atoms with Crippen molar-refractivity contribution < 1.29 is 18.3 Å². The van der Waals surface area contributed by atoms with Gasteiger partial charge in [-0.05, 0) is 31.4 Å². The van der Waals surface area contributed by atoms with E-state index in [0.717, 1.165) is 11.1 Å². The first-order valence-electron chi connectivity index (χ1n) is 6.09.